The van der Waals surface area contributed by atoms with E-state index in [0.717, 1.165) is 54.0 Å². The van der Waals surface area contributed by atoms with Crippen LogP contribution in [0.1, 0.15) is 76.1 Å². The summed E-state index contributed by atoms with van der Waals surface area (Å²) in [5.41, 5.74) is 5.41. The molecule has 2 aromatic rings. The number of aryl methyl sites for hydroxylation is 2. The molecule has 0 unspecified atom stereocenters. The molecule has 1 aromatic carbocycles. The zero-order valence-corrected chi connectivity index (χ0v) is 21.0. The number of aromatic nitrogens is 1. The maximum atomic E-state index is 12.5. The van der Waals surface area contributed by atoms with Crippen LogP contribution in [0.4, 0.5) is 5.69 Å². The maximum absolute atomic E-state index is 12.5. The number of piperidine rings is 1. The van der Waals surface area contributed by atoms with E-state index in [1.807, 2.05) is 58.9 Å². The fourth-order valence-corrected chi connectivity index (χ4v) is 4.53. The quantitative estimate of drug-likeness (QED) is 0.606. The van der Waals surface area contributed by atoms with Gasteiger partial charge in [-0.15, -0.1) is 0 Å². The molecule has 180 valence electrons. The Morgan fingerprint density at radius 2 is 1.70 bits per heavy atom. The Morgan fingerprint density at radius 1 is 1.12 bits per heavy atom. The minimum absolute atomic E-state index is 0.0226. The van der Waals surface area contributed by atoms with Crippen molar-refractivity contribution in [2.75, 3.05) is 18.0 Å². The highest BCUT2D eigenvalue weighted by atomic mass is 16.5. The van der Waals surface area contributed by atoms with Gasteiger partial charge in [-0.3, -0.25) is 4.98 Å². The molecule has 1 aliphatic heterocycles. The first-order chi connectivity index (χ1) is 15.3. The molecule has 6 heteroatoms. The van der Waals surface area contributed by atoms with Crippen molar-refractivity contribution >= 4 is 11.7 Å². The number of ether oxygens (including phenoxy) is 1. The van der Waals surface area contributed by atoms with Crippen LogP contribution >= 0.6 is 0 Å². The third-order valence-electron chi connectivity index (χ3n) is 6.40. The molecule has 1 fully saturated rings. The van der Waals surface area contributed by atoms with E-state index < -0.39 is 17.7 Å². The van der Waals surface area contributed by atoms with Crippen LogP contribution in [0.3, 0.4) is 0 Å². The number of aliphatic hydroxyl groups is 1. The Labute approximate surface area is 197 Å². The molecule has 0 radical (unpaired) electrons. The third kappa shape index (κ3) is 5.74. The van der Waals surface area contributed by atoms with E-state index in [-0.39, 0.29) is 12.0 Å². The van der Waals surface area contributed by atoms with Gasteiger partial charge < -0.3 is 19.8 Å². The van der Waals surface area contributed by atoms with Crippen LogP contribution < -0.4 is 4.90 Å². The van der Waals surface area contributed by atoms with Gasteiger partial charge in [0, 0.05) is 35.6 Å². The molecule has 0 bridgehead atoms. The predicted molar refractivity (Wildman–Crippen MR) is 132 cm³/mol. The van der Waals surface area contributed by atoms with E-state index in [0.29, 0.717) is 11.3 Å². The second-order valence-electron chi connectivity index (χ2n) is 10.9. The van der Waals surface area contributed by atoms with Crippen molar-refractivity contribution in [2.24, 2.45) is 5.41 Å². The van der Waals surface area contributed by atoms with Crippen LogP contribution in [-0.4, -0.2) is 39.9 Å². The summed E-state index contributed by atoms with van der Waals surface area (Å²) >= 11 is 0. The molecule has 0 aliphatic carbocycles. The lowest BCUT2D eigenvalue weighted by molar-refractivity contribution is -0.160. The Balaban J connectivity index is 2.28. The van der Waals surface area contributed by atoms with Gasteiger partial charge in [0.15, 0.2) is 6.10 Å². The van der Waals surface area contributed by atoms with Crippen molar-refractivity contribution in [3.63, 3.8) is 0 Å². The molecule has 2 N–H and O–H groups in total. The van der Waals surface area contributed by atoms with Gasteiger partial charge in [-0.2, -0.15) is 0 Å². The molecular formula is C27H38N2O4. The highest BCUT2D eigenvalue weighted by molar-refractivity contribution is 5.88. The zero-order valence-electron chi connectivity index (χ0n) is 21.0. The van der Waals surface area contributed by atoms with Crippen LogP contribution in [0.25, 0.3) is 11.1 Å². The smallest absolute Gasteiger partial charge is 0.337 e. The highest BCUT2D eigenvalue weighted by Crippen LogP contribution is 2.44. The molecule has 0 spiro atoms. The normalized spacial score (nSPS) is 17.2. The lowest BCUT2D eigenvalue weighted by atomic mass is 9.81. The molecule has 2 heterocycles. The summed E-state index contributed by atoms with van der Waals surface area (Å²) in [7, 11) is 0. The van der Waals surface area contributed by atoms with Gasteiger partial charge in [0.2, 0.25) is 0 Å². The third-order valence-corrected chi connectivity index (χ3v) is 6.40. The van der Waals surface area contributed by atoms with Gasteiger partial charge in [-0.1, -0.05) is 38.1 Å². The minimum atomic E-state index is -1.13. The topological polar surface area (TPSA) is 82.9 Å². The fourth-order valence-electron chi connectivity index (χ4n) is 4.53. The molecule has 0 amide bonds. The molecule has 3 rings (SSSR count). The summed E-state index contributed by atoms with van der Waals surface area (Å²) < 4.78 is 6.11. The van der Waals surface area contributed by atoms with Crippen molar-refractivity contribution in [2.45, 2.75) is 79.6 Å². The van der Waals surface area contributed by atoms with E-state index in [2.05, 4.69) is 18.7 Å². The number of aliphatic carboxylic acids is 1. The fraction of sp³-hybridized carbons (Fsp3) is 0.556. The molecule has 0 saturated carbocycles. The zero-order chi connectivity index (χ0) is 24.6. The van der Waals surface area contributed by atoms with E-state index >= 15 is 0 Å². The van der Waals surface area contributed by atoms with Crippen LogP contribution in [-0.2, 0) is 16.1 Å². The first kappa shape index (κ1) is 25.2. The molecule has 1 atom stereocenters. The van der Waals surface area contributed by atoms with E-state index in [9.17, 15) is 15.0 Å². The Hall–Kier alpha value is -2.44. The maximum Gasteiger partial charge on any atom is 0.337 e. The largest absolute Gasteiger partial charge is 0.479 e. The predicted octanol–water partition coefficient (Wildman–Crippen LogP) is 5.42. The second-order valence-corrected chi connectivity index (χ2v) is 10.9. The Morgan fingerprint density at radius 3 is 2.18 bits per heavy atom. The number of benzene rings is 1. The van der Waals surface area contributed by atoms with Gasteiger partial charge in [0.1, 0.15) is 0 Å². The van der Waals surface area contributed by atoms with Crippen LogP contribution in [0.15, 0.2) is 24.3 Å². The van der Waals surface area contributed by atoms with Crippen molar-refractivity contribution in [3.05, 3.63) is 46.8 Å². The molecule has 1 aliphatic rings. The molecular weight excluding hydrogens is 416 g/mol. The summed E-state index contributed by atoms with van der Waals surface area (Å²) in [5.74, 6) is -1.01. The van der Waals surface area contributed by atoms with Gasteiger partial charge in [-0.25, -0.2) is 4.79 Å². The van der Waals surface area contributed by atoms with Gasteiger partial charge >= 0.3 is 5.97 Å². The number of nitrogens with zero attached hydrogens (tertiary/aromatic N) is 2. The number of aliphatic hydroxyl groups excluding tert-OH is 1. The average molecular weight is 455 g/mol. The van der Waals surface area contributed by atoms with E-state index in [4.69, 9.17) is 9.72 Å². The number of pyridine rings is 1. The van der Waals surface area contributed by atoms with E-state index in [1.54, 1.807) is 0 Å². The van der Waals surface area contributed by atoms with Crippen LogP contribution in [0.5, 0.6) is 0 Å². The van der Waals surface area contributed by atoms with Crippen molar-refractivity contribution < 1.29 is 19.7 Å². The first-order valence-corrected chi connectivity index (χ1v) is 11.7. The summed E-state index contributed by atoms with van der Waals surface area (Å²) in [6.07, 6.45) is 0.916. The monoisotopic (exact) mass is 454 g/mol. The second kappa shape index (κ2) is 9.43. The van der Waals surface area contributed by atoms with Crippen molar-refractivity contribution in [1.82, 2.24) is 4.98 Å². The number of hydrogen-bond acceptors (Lipinski definition) is 5. The number of rotatable bonds is 6. The number of carboxylic acid groups (broad SMARTS) is 1. The van der Waals surface area contributed by atoms with Crippen molar-refractivity contribution in [1.29, 1.82) is 0 Å². The average Bonchev–Trinajstić information content (AvgIpc) is 2.71. The molecule has 33 heavy (non-hydrogen) atoms. The SMILES string of the molecule is Cc1nc(C)c([C@H](OC(C)(C)C)C(=O)O)c(N2CCC(C)(C)CC2)c1-c1ccc(CO)cc1. The van der Waals surface area contributed by atoms with Gasteiger partial charge in [0.25, 0.3) is 0 Å². The van der Waals surface area contributed by atoms with E-state index in [1.165, 1.54) is 0 Å². The molecule has 6 nitrogen and oxygen atoms in total. The van der Waals surface area contributed by atoms with Crippen LogP contribution in [0, 0.1) is 19.3 Å². The lowest BCUT2D eigenvalue weighted by Crippen LogP contribution is -2.39. The number of hydrogen-bond donors (Lipinski definition) is 2. The highest BCUT2D eigenvalue weighted by Gasteiger charge is 2.36. The summed E-state index contributed by atoms with van der Waals surface area (Å²) in [5, 5.41) is 19.7. The number of anilines is 1. The van der Waals surface area contributed by atoms with Crippen molar-refractivity contribution in [3.8, 4) is 11.1 Å². The minimum Gasteiger partial charge on any atom is -0.479 e. The van der Waals surface area contributed by atoms with Gasteiger partial charge in [-0.05, 0) is 64.0 Å². The number of carbonyl (C=O) groups is 1. The Bertz CT molecular complexity index is 996. The summed E-state index contributed by atoms with van der Waals surface area (Å²) in [6, 6.07) is 7.76. The summed E-state index contributed by atoms with van der Waals surface area (Å²) in [6.45, 7) is 15.7. The number of carboxylic acids is 1. The lowest BCUT2D eigenvalue weighted by Gasteiger charge is -2.41. The molecule has 1 saturated heterocycles. The Kier molecular flexibility index (Phi) is 7.20. The standard InChI is InChI=1S/C27H38N2O4/c1-17-21(20-10-8-19(16-30)9-11-20)23(29-14-12-27(6,7)13-15-29)22(18(2)28-17)24(25(31)32)33-26(3,4)5/h8-11,24,30H,12-16H2,1-7H3,(H,31,32)/t24-/m0/s1. The molecule has 1 aromatic heterocycles. The first-order valence-electron chi connectivity index (χ1n) is 11.7. The summed E-state index contributed by atoms with van der Waals surface area (Å²) in [4.78, 5) is 19.6. The van der Waals surface area contributed by atoms with Gasteiger partial charge in [0.05, 0.1) is 17.9 Å². The van der Waals surface area contributed by atoms with Crippen LogP contribution in [0.2, 0.25) is 0 Å².